The minimum atomic E-state index is -0.446. The minimum Gasteiger partial charge on any atom is -0.249 e. The Bertz CT molecular complexity index is 790. The molecule has 0 spiro atoms. The molecular formula is C23H19BrNP. The van der Waals surface area contributed by atoms with Crippen molar-refractivity contribution in [3.05, 3.63) is 120 Å². The molecule has 0 N–H and O–H groups in total. The lowest BCUT2D eigenvalue weighted by Gasteiger charge is -2.18. The highest BCUT2D eigenvalue weighted by Gasteiger charge is 2.14. The van der Waals surface area contributed by atoms with E-state index in [-0.39, 0.29) is 0 Å². The van der Waals surface area contributed by atoms with Crippen LogP contribution in [0.15, 0.2) is 120 Å². The number of hydrogen-bond acceptors (Lipinski definition) is 1. The first kappa shape index (κ1) is 18.5. The second kappa shape index (κ2) is 10.0. The monoisotopic (exact) mass is 419 g/mol. The fourth-order valence-electron chi connectivity index (χ4n) is 2.52. The zero-order chi connectivity index (χ0) is 18.0. The smallest absolute Gasteiger partial charge is 0.106 e. The zero-order valence-corrected chi connectivity index (χ0v) is 16.7. The normalized spacial score (nSPS) is 10.1. The predicted molar refractivity (Wildman–Crippen MR) is 117 cm³/mol. The van der Waals surface area contributed by atoms with E-state index < -0.39 is 7.92 Å². The first-order chi connectivity index (χ1) is 12.8. The molecule has 0 amide bonds. The second-order valence-corrected chi connectivity index (χ2v) is 8.53. The van der Waals surface area contributed by atoms with Gasteiger partial charge in [-0.15, -0.1) is 0 Å². The van der Waals surface area contributed by atoms with E-state index in [0.29, 0.717) is 0 Å². The van der Waals surface area contributed by atoms with Gasteiger partial charge in [0.25, 0.3) is 0 Å². The third kappa shape index (κ3) is 5.36. The third-order valence-electron chi connectivity index (χ3n) is 3.67. The van der Waals surface area contributed by atoms with E-state index in [1.54, 1.807) is 6.20 Å². The predicted octanol–water partition coefficient (Wildman–Crippen LogP) is 5.29. The fraction of sp³-hybridized carbons (Fsp3) is 0. The van der Waals surface area contributed by atoms with Crippen LogP contribution in [0.1, 0.15) is 0 Å². The van der Waals surface area contributed by atoms with Crippen LogP contribution in [-0.2, 0) is 0 Å². The van der Waals surface area contributed by atoms with Crippen LogP contribution >= 0.6 is 23.9 Å². The molecule has 1 heterocycles. The van der Waals surface area contributed by atoms with Gasteiger partial charge in [0.05, 0.1) is 0 Å². The van der Waals surface area contributed by atoms with Crippen molar-refractivity contribution in [2.45, 2.75) is 0 Å². The number of aromatic nitrogens is 1. The molecule has 4 rings (SSSR count). The van der Waals surface area contributed by atoms with E-state index in [1.165, 1.54) is 15.9 Å². The lowest BCUT2D eigenvalue weighted by molar-refractivity contribution is 1.28. The molecule has 0 aliphatic carbocycles. The highest BCUT2D eigenvalue weighted by atomic mass is 79.9. The second-order valence-electron chi connectivity index (χ2n) is 5.49. The SMILES string of the molecule is Brc1ccccn1.c1ccc(P(c2ccccc2)c2ccccc2)cc1. The average Bonchev–Trinajstić information content (AvgIpc) is 2.72. The molecule has 0 saturated heterocycles. The summed E-state index contributed by atoms with van der Waals surface area (Å²) in [7, 11) is -0.446. The van der Waals surface area contributed by atoms with E-state index in [9.17, 15) is 0 Å². The lowest BCUT2D eigenvalue weighted by atomic mass is 10.4. The Balaban J connectivity index is 0.000000236. The van der Waals surface area contributed by atoms with Crippen molar-refractivity contribution >= 4 is 39.8 Å². The van der Waals surface area contributed by atoms with Crippen LogP contribution in [0.3, 0.4) is 0 Å². The maximum absolute atomic E-state index is 3.90. The van der Waals surface area contributed by atoms with Crippen molar-refractivity contribution in [3.8, 4) is 0 Å². The molecule has 1 aromatic heterocycles. The van der Waals surface area contributed by atoms with E-state index >= 15 is 0 Å². The van der Waals surface area contributed by atoms with Gasteiger partial charge in [-0.25, -0.2) is 4.98 Å². The number of nitrogens with zero attached hydrogens (tertiary/aromatic N) is 1. The summed E-state index contributed by atoms with van der Waals surface area (Å²) >= 11 is 3.20. The molecule has 0 unspecified atom stereocenters. The van der Waals surface area contributed by atoms with Crippen molar-refractivity contribution in [1.29, 1.82) is 0 Å². The molecule has 0 bridgehead atoms. The van der Waals surface area contributed by atoms with E-state index in [1.807, 2.05) is 18.2 Å². The minimum absolute atomic E-state index is 0.446. The maximum atomic E-state index is 3.90. The summed E-state index contributed by atoms with van der Waals surface area (Å²) in [6.07, 6.45) is 1.74. The summed E-state index contributed by atoms with van der Waals surface area (Å²) < 4.78 is 0.884. The standard InChI is InChI=1S/C18H15P.C5H4BrN/c1-4-10-16(11-5-1)19(17-12-6-2-7-13-17)18-14-8-3-9-15-18;6-5-3-1-2-4-7-5/h1-15H;1-4H. The zero-order valence-electron chi connectivity index (χ0n) is 14.2. The van der Waals surface area contributed by atoms with Crippen LogP contribution in [0.2, 0.25) is 0 Å². The van der Waals surface area contributed by atoms with Crippen molar-refractivity contribution in [2.24, 2.45) is 0 Å². The molecule has 3 heteroatoms. The van der Waals surface area contributed by atoms with Crippen LogP contribution in [0.4, 0.5) is 0 Å². The van der Waals surface area contributed by atoms with Gasteiger partial charge in [-0.05, 0) is 51.9 Å². The molecule has 0 atom stereocenters. The van der Waals surface area contributed by atoms with Gasteiger partial charge in [0.1, 0.15) is 4.60 Å². The van der Waals surface area contributed by atoms with E-state index in [4.69, 9.17) is 0 Å². The highest BCUT2D eigenvalue weighted by Crippen LogP contribution is 2.32. The third-order valence-corrected chi connectivity index (χ3v) is 6.58. The Morgan fingerprint density at radius 2 is 0.885 bits per heavy atom. The van der Waals surface area contributed by atoms with Crippen LogP contribution in [0.25, 0.3) is 0 Å². The van der Waals surface area contributed by atoms with Crippen LogP contribution in [-0.4, -0.2) is 4.98 Å². The van der Waals surface area contributed by atoms with Crippen molar-refractivity contribution in [3.63, 3.8) is 0 Å². The quantitative estimate of drug-likeness (QED) is 0.324. The molecular weight excluding hydrogens is 401 g/mol. The number of benzene rings is 3. The largest absolute Gasteiger partial charge is 0.249 e. The van der Waals surface area contributed by atoms with Gasteiger partial charge in [0.15, 0.2) is 0 Å². The molecule has 26 heavy (non-hydrogen) atoms. The molecule has 0 radical (unpaired) electrons. The summed E-state index contributed by atoms with van der Waals surface area (Å²) in [6.45, 7) is 0. The van der Waals surface area contributed by atoms with E-state index in [2.05, 4.69) is 112 Å². The van der Waals surface area contributed by atoms with Gasteiger partial charge in [-0.3, -0.25) is 0 Å². The molecule has 0 saturated carbocycles. The van der Waals surface area contributed by atoms with Gasteiger partial charge in [-0.1, -0.05) is 97.1 Å². The first-order valence-electron chi connectivity index (χ1n) is 8.36. The molecule has 3 aromatic carbocycles. The Morgan fingerprint density at radius 3 is 1.15 bits per heavy atom. The average molecular weight is 420 g/mol. The number of halogens is 1. The Labute approximate surface area is 164 Å². The maximum Gasteiger partial charge on any atom is 0.106 e. The first-order valence-corrected chi connectivity index (χ1v) is 10.5. The summed E-state index contributed by atoms with van der Waals surface area (Å²) in [4.78, 5) is 3.90. The summed E-state index contributed by atoms with van der Waals surface area (Å²) in [5.74, 6) is 0. The van der Waals surface area contributed by atoms with Crippen LogP contribution in [0, 0.1) is 0 Å². The Morgan fingerprint density at radius 1 is 0.500 bits per heavy atom. The Hall–Kier alpha value is -2.28. The van der Waals surface area contributed by atoms with Gasteiger partial charge in [0.2, 0.25) is 0 Å². The topological polar surface area (TPSA) is 12.9 Å². The van der Waals surface area contributed by atoms with Crippen molar-refractivity contribution in [1.82, 2.24) is 4.98 Å². The number of pyridine rings is 1. The molecule has 1 nitrogen and oxygen atoms in total. The highest BCUT2D eigenvalue weighted by molar-refractivity contribution is 9.10. The number of hydrogen-bond donors (Lipinski definition) is 0. The fourth-order valence-corrected chi connectivity index (χ4v) is 5.10. The van der Waals surface area contributed by atoms with Crippen molar-refractivity contribution < 1.29 is 0 Å². The number of rotatable bonds is 3. The van der Waals surface area contributed by atoms with Gasteiger partial charge >= 0.3 is 0 Å². The Kier molecular flexibility index (Phi) is 7.13. The van der Waals surface area contributed by atoms with Gasteiger partial charge in [-0.2, -0.15) is 0 Å². The molecule has 128 valence electrons. The van der Waals surface area contributed by atoms with Crippen LogP contribution < -0.4 is 15.9 Å². The summed E-state index contributed by atoms with van der Waals surface area (Å²) in [6, 6.07) is 38.0. The molecule has 0 aliphatic heterocycles. The molecule has 4 aromatic rings. The molecule has 0 aliphatic rings. The van der Waals surface area contributed by atoms with E-state index in [0.717, 1.165) is 4.60 Å². The summed E-state index contributed by atoms with van der Waals surface area (Å²) in [5, 5.41) is 4.19. The van der Waals surface area contributed by atoms with Gasteiger partial charge < -0.3 is 0 Å². The van der Waals surface area contributed by atoms with Crippen LogP contribution in [0.5, 0.6) is 0 Å². The van der Waals surface area contributed by atoms with Gasteiger partial charge in [0, 0.05) is 6.20 Å². The molecule has 0 fully saturated rings. The van der Waals surface area contributed by atoms with Crippen molar-refractivity contribution in [2.75, 3.05) is 0 Å². The lowest BCUT2D eigenvalue weighted by Crippen LogP contribution is -2.20. The summed E-state index contributed by atoms with van der Waals surface area (Å²) in [5.41, 5.74) is 0.